The number of fused-ring (bicyclic) bond motifs is 3. The molecule has 2 aromatic heterocycles. The van der Waals surface area contributed by atoms with Crippen LogP contribution in [0, 0.1) is 0 Å². The van der Waals surface area contributed by atoms with E-state index in [-0.39, 0.29) is 18.2 Å². The maximum Gasteiger partial charge on any atom is 0.270 e. The van der Waals surface area contributed by atoms with Crippen molar-refractivity contribution in [2.75, 3.05) is 6.61 Å². The van der Waals surface area contributed by atoms with Gasteiger partial charge in [-0.05, 0) is 24.6 Å². The number of hydrogen-bond donors (Lipinski definition) is 4. The van der Waals surface area contributed by atoms with Gasteiger partial charge in [-0.25, -0.2) is 4.98 Å². The third-order valence-electron chi connectivity index (χ3n) is 5.19. The molecule has 158 valence electrons. The molecule has 4 rings (SSSR count). The molecule has 0 saturated carbocycles. The zero-order valence-electron chi connectivity index (χ0n) is 17.1. The quantitative estimate of drug-likeness (QED) is 0.371. The molecule has 2 heterocycles. The van der Waals surface area contributed by atoms with E-state index < -0.39 is 18.0 Å². The Bertz CT molecular complexity index is 1220. The van der Waals surface area contributed by atoms with E-state index in [9.17, 15) is 14.7 Å². The van der Waals surface area contributed by atoms with Crippen LogP contribution >= 0.6 is 0 Å². The fraction of sp³-hybridized carbons (Fsp3) is 0.208. The number of aromatic nitrogens is 2. The molecule has 0 aliphatic heterocycles. The fourth-order valence-electron chi connectivity index (χ4n) is 3.55. The van der Waals surface area contributed by atoms with E-state index in [0.717, 1.165) is 27.4 Å². The summed E-state index contributed by atoms with van der Waals surface area (Å²) in [6.45, 7) is 1.52. The van der Waals surface area contributed by atoms with Crippen molar-refractivity contribution in [3.63, 3.8) is 0 Å². The summed E-state index contributed by atoms with van der Waals surface area (Å²) >= 11 is 0. The zero-order chi connectivity index (χ0) is 21.8. The molecule has 0 radical (unpaired) electrons. The Morgan fingerprint density at radius 3 is 2.52 bits per heavy atom. The lowest BCUT2D eigenvalue weighted by Crippen LogP contribution is -2.51. The summed E-state index contributed by atoms with van der Waals surface area (Å²) < 4.78 is 0. The Kier molecular flexibility index (Phi) is 5.95. The van der Waals surface area contributed by atoms with Gasteiger partial charge >= 0.3 is 0 Å². The average Bonchev–Trinajstić information content (AvgIpc) is 3.17. The monoisotopic (exact) mass is 416 g/mol. The first kappa shape index (κ1) is 20.6. The molecule has 0 aliphatic carbocycles. The van der Waals surface area contributed by atoms with Gasteiger partial charge in [0.1, 0.15) is 11.7 Å². The highest BCUT2D eigenvalue weighted by atomic mass is 16.3. The average molecular weight is 416 g/mol. The molecule has 31 heavy (non-hydrogen) atoms. The van der Waals surface area contributed by atoms with Gasteiger partial charge in [-0.1, -0.05) is 48.5 Å². The van der Waals surface area contributed by atoms with Gasteiger partial charge in [0.15, 0.2) is 0 Å². The number of rotatable bonds is 7. The van der Waals surface area contributed by atoms with Crippen LogP contribution in [-0.2, 0) is 11.2 Å². The van der Waals surface area contributed by atoms with Gasteiger partial charge in [0.05, 0.1) is 18.3 Å². The lowest BCUT2D eigenvalue weighted by Gasteiger charge is -2.20. The number of H-pyrrole nitrogens is 1. The van der Waals surface area contributed by atoms with Crippen LogP contribution in [0.4, 0.5) is 0 Å². The van der Waals surface area contributed by atoms with Crippen LogP contribution in [0.2, 0.25) is 0 Å². The Hall–Kier alpha value is -3.71. The molecule has 0 aliphatic rings. The number of pyridine rings is 1. The van der Waals surface area contributed by atoms with Crippen molar-refractivity contribution in [3.05, 3.63) is 78.1 Å². The number of hydrogen-bond acceptors (Lipinski definition) is 4. The summed E-state index contributed by atoms with van der Waals surface area (Å²) in [5.74, 6) is -0.785. The summed E-state index contributed by atoms with van der Waals surface area (Å²) in [5, 5.41) is 16.7. The number of aliphatic hydroxyl groups is 1. The fourth-order valence-corrected chi connectivity index (χ4v) is 3.55. The van der Waals surface area contributed by atoms with E-state index in [4.69, 9.17) is 0 Å². The van der Waals surface area contributed by atoms with E-state index in [2.05, 4.69) is 20.6 Å². The number of nitrogens with one attached hydrogen (secondary N) is 3. The molecule has 4 N–H and O–H groups in total. The molecule has 2 unspecified atom stereocenters. The smallest absolute Gasteiger partial charge is 0.270 e. The second kappa shape index (κ2) is 8.97. The van der Waals surface area contributed by atoms with Crippen LogP contribution in [-0.4, -0.2) is 45.6 Å². The van der Waals surface area contributed by atoms with Crippen LogP contribution in [0.15, 0.2) is 66.9 Å². The van der Waals surface area contributed by atoms with Crippen molar-refractivity contribution < 1.29 is 14.7 Å². The zero-order valence-corrected chi connectivity index (χ0v) is 17.1. The minimum atomic E-state index is -0.802. The number of aromatic amines is 1. The summed E-state index contributed by atoms with van der Waals surface area (Å²) in [6.07, 6.45) is 1.95. The molecule has 0 fully saturated rings. The standard InChI is InChI=1S/C24H24N4O3/c1-15(14-29)26-24(31)21(11-16-7-3-2-4-8-16)28-23(30)20-12-18-17-9-5-6-10-19(17)27-22(18)13-25-20/h2-10,12-13,15,21,27,29H,11,14H2,1H3,(H,26,31)(H,28,30). The first-order chi connectivity index (χ1) is 15.0. The van der Waals surface area contributed by atoms with Crippen molar-refractivity contribution in [2.45, 2.75) is 25.4 Å². The van der Waals surface area contributed by atoms with E-state index in [1.807, 2.05) is 54.6 Å². The van der Waals surface area contributed by atoms with Gasteiger partial charge in [0.2, 0.25) is 5.91 Å². The van der Waals surface area contributed by atoms with Crippen LogP contribution < -0.4 is 10.6 Å². The third kappa shape index (κ3) is 4.57. The maximum absolute atomic E-state index is 13.0. The summed E-state index contributed by atoms with van der Waals surface area (Å²) in [6, 6.07) is 17.8. The third-order valence-corrected chi connectivity index (χ3v) is 5.19. The molecule has 2 aromatic carbocycles. The molecular weight excluding hydrogens is 392 g/mol. The van der Waals surface area contributed by atoms with Crippen LogP contribution in [0.5, 0.6) is 0 Å². The van der Waals surface area contributed by atoms with E-state index >= 15 is 0 Å². The van der Waals surface area contributed by atoms with Gasteiger partial charge in [0, 0.05) is 28.8 Å². The van der Waals surface area contributed by atoms with E-state index in [0.29, 0.717) is 6.42 Å². The predicted molar refractivity (Wildman–Crippen MR) is 120 cm³/mol. The number of para-hydroxylation sites is 1. The minimum Gasteiger partial charge on any atom is -0.394 e. The Morgan fingerprint density at radius 1 is 1.00 bits per heavy atom. The van der Waals surface area contributed by atoms with Gasteiger partial charge in [0.25, 0.3) is 5.91 Å². The molecule has 7 heteroatoms. The number of amides is 2. The van der Waals surface area contributed by atoms with Crippen molar-refractivity contribution in [1.29, 1.82) is 0 Å². The molecule has 0 spiro atoms. The molecule has 0 saturated heterocycles. The van der Waals surface area contributed by atoms with Crippen LogP contribution in [0.3, 0.4) is 0 Å². The molecule has 7 nitrogen and oxygen atoms in total. The lowest BCUT2D eigenvalue weighted by atomic mass is 10.0. The van der Waals surface area contributed by atoms with E-state index in [1.54, 1.807) is 19.2 Å². The summed E-state index contributed by atoms with van der Waals surface area (Å²) in [7, 11) is 0. The largest absolute Gasteiger partial charge is 0.394 e. The van der Waals surface area contributed by atoms with Crippen molar-refractivity contribution in [1.82, 2.24) is 20.6 Å². The second-order valence-electron chi connectivity index (χ2n) is 7.59. The highest BCUT2D eigenvalue weighted by Gasteiger charge is 2.24. The number of nitrogens with zero attached hydrogens (tertiary/aromatic N) is 1. The minimum absolute atomic E-state index is 0.184. The Balaban J connectivity index is 1.60. The first-order valence-corrected chi connectivity index (χ1v) is 10.2. The SMILES string of the molecule is CC(CO)NC(=O)C(Cc1ccccc1)NC(=O)c1cc2c(cn1)[nH]c1ccccc12. The molecule has 4 aromatic rings. The lowest BCUT2D eigenvalue weighted by molar-refractivity contribution is -0.123. The predicted octanol–water partition coefficient (Wildman–Crippen LogP) is 2.55. The van der Waals surface area contributed by atoms with Crippen molar-refractivity contribution in [2.24, 2.45) is 0 Å². The maximum atomic E-state index is 13.0. The molecule has 2 atom stereocenters. The first-order valence-electron chi connectivity index (χ1n) is 10.2. The van der Waals surface area contributed by atoms with Gasteiger partial charge in [-0.3, -0.25) is 9.59 Å². The highest BCUT2D eigenvalue weighted by molar-refractivity contribution is 6.09. The Labute approximate surface area is 179 Å². The Morgan fingerprint density at radius 2 is 1.74 bits per heavy atom. The van der Waals surface area contributed by atoms with Crippen molar-refractivity contribution in [3.8, 4) is 0 Å². The number of aliphatic hydroxyl groups excluding tert-OH is 1. The normalized spacial score (nSPS) is 13.1. The second-order valence-corrected chi connectivity index (χ2v) is 7.59. The molecule has 0 bridgehead atoms. The summed E-state index contributed by atoms with van der Waals surface area (Å²) in [5.41, 5.74) is 2.96. The van der Waals surface area contributed by atoms with Gasteiger partial charge in [-0.15, -0.1) is 0 Å². The number of carbonyl (C=O) groups excluding carboxylic acids is 2. The number of carbonyl (C=O) groups is 2. The topological polar surface area (TPSA) is 107 Å². The van der Waals surface area contributed by atoms with Crippen molar-refractivity contribution >= 4 is 33.6 Å². The number of benzene rings is 2. The van der Waals surface area contributed by atoms with Crippen LogP contribution in [0.1, 0.15) is 23.0 Å². The molecular formula is C24H24N4O3. The van der Waals surface area contributed by atoms with Gasteiger partial charge < -0.3 is 20.7 Å². The highest BCUT2D eigenvalue weighted by Crippen LogP contribution is 2.25. The van der Waals surface area contributed by atoms with E-state index in [1.165, 1.54) is 0 Å². The van der Waals surface area contributed by atoms with Gasteiger partial charge in [-0.2, -0.15) is 0 Å². The van der Waals surface area contributed by atoms with Crippen LogP contribution in [0.25, 0.3) is 21.8 Å². The molecule has 2 amide bonds. The summed E-state index contributed by atoms with van der Waals surface area (Å²) in [4.78, 5) is 33.3.